The highest BCUT2D eigenvalue weighted by molar-refractivity contribution is 6.76. The number of hydrogen-bond donors (Lipinski definition) is 0. The molecule has 4 aromatic rings. The molecule has 2 heterocycles. The first-order valence-corrected chi connectivity index (χ1v) is 17.4. The molecule has 41 heavy (non-hydrogen) atoms. The van der Waals surface area contributed by atoms with Gasteiger partial charge < -0.3 is 23.5 Å². The predicted octanol–water partition coefficient (Wildman–Crippen LogP) is 7.01. The maximum atomic E-state index is 13.1. The molecule has 0 bridgehead atoms. The molecular formula is C31H40N4O5Si. The summed E-state index contributed by atoms with van der Waals surface area (Å²) in [6.45, 7) is 15.3. The lowest BCUT2D eigenvalue weighted by Crippen LogP contribution is -2.26. The number of aromatic nitrogens is 3. The van der Waals surface area contributed by atoms with E-state index in [9.17, 15) is 10.1 Å². The van der Waals surface area contributed by atoms with E-state index in [1.165, 1.54) is 4.57 Å². The number of carbonyl (C=O) groups excluding carboxylic acids is 1. The Balaban J connectivity index is 1.89. The molecule has 0 N–H and O–H groups in total. The first kappa shape index (κ1) is 30.3. The Morgan fingerprint density at radius 3 is 2.49 bits per heavy atom. The van der Waals surface area contributed by atoms with Crippen LogP contribution in [0, 0.1) is 18.3 Å². The predicted molar refractivity (Wildman–Crippen MR) is 162 cm³/mol. The van der Waals surface area contributed by atoms with Crippen molar-refractivity contribution in [1.82, 2.24) is 14.1 Å². The molecule has 1 atom stereocenters. The van der Waals surface area contributed by atoms with E-state index >= 15 is 0 Å². The van der Waals surface area contributed by atoms with Gasteiger partial charge in [-0.1, -0.05) is 19.6 Å². The summed E-state index contributed by atoms with van der Waals surface area (Å²) < 4.78 is 27.4. The van der Waals surface area contributed by atoms with Crippen LogP contribution in [0.5, 0.6) is 5.75 Å². The number of hydrogen-bond acceptors (Lipinski definition) is 7. The topological polar surface area (TPSA) is 101 Å². The van der Waals surface area contributed by atoms with Crippen LogP contribution in [-0.4, -0.2) is 54.7 Å². The van der Waals surface area contributed by atoms with E-state index in [0.29, 0.717) is 34.8 Å². The van der Waals surface area contributed by atoms with Gasteiger partial charge in [0.15, 0.2) is 0 Å². The molecule has 1 unspecified atom stereocenters. The summed E-state index contributed by atoms with van der Waals surface area (Å²) in [6, 6.07) is 12.4. The Kier molecular flexibility index (Phi) is 8.64. The van der Waals surface area contributed by atoms with Gasteiger partial charge in [0.25, 0.3) is 0 Å². The maximum absolute atomic E-state index is 13.1. The number of imidazole rings is 1. The van der Waals surface area contributed by atoms with E-state index in [1.807, 2.05) is 50.5 Å². The van der Waals surface area contributed by atoms with Crippen molar-refractivity contribution in [2.24, 2.45) is 0 Å². The molecule has 2 aromatic heterocycles. The lowest BCUT2D eigenvalue weighted by Gasteiger charge is -2.23. The van der Waals surface area contributed by atoms with Crippen LogP contribution in [0.25, 0.3) is 21.9 Å². The number of benzene rings is 2. The Morgan fingerprint density at radius 1 is 1.15 bits per heavy atom. The largest absolute Gasteiger partial charge is 0.496 e. The summed E-state index contributed by atoms with van der Waals surface area (Å²) >= 11 is 0. The molecule has 0 amide bonds. The smallest absolute Gasteiger partial charge is 0.419 e. The first-order valence-electron chi connectivity index (χ1n) is 13.7. The highest BCUT2D eigenvalue weighted by Gasteiger charge is 2.30. The van der Waals surface area contributed by atoms with E-state index in [-0.39, 0.29) is 6.73 Å². The third kappa shape index (κ3) is 6.48. The molecule has 218 valence electrons. The van der Waals surface area contributed by atoms with Crippen LogP contribution < -0.4 is 4.74 Å². The fourth-order valence-electron chi connectivity index (χ4n) is 4.87. The molecule has 0 fully saturated rings. The van der Waals surface area contributed by atoms with Gasteiger partial charge in [0.1, 0.15) is 30.0 Å². The van der Waals surface area contributed by atoms with Crippen molar-refractivity contribution in [3.8, 4) is 11.8 Å². The van der Waals surface area contributed by atoms with Gasteiger partial charge >= 0.3 is 6.09 Å². The Bertz CT molecular complexity index is 1620. The monoisotopic (exact) mass is 576 g/mol. The van der Waals surface area contributed by atoms with Crippen molar-refractivity contribution in [3.05, 3.63) is 59.0 Å². The zero-order valence-electron chi connectivity index (χ0n) is 25.5. The third-order valence-corrected chi connectivity index (χ3v) is 8.53. The van der Waals surface area contributed by atoms with Gasteiger partial charge in [-0.05, 0) is 69.6 Å². The highest BCUT2D eigenvalue weighted by Crippen LogP contribution is 2.41. The molecule has 2 aromatic carbocycles. The quantitative estimate of drug-likeness (QED) is 0.156. The number of nitrogens with zero attached hydrogens (tertiary/aromatic N) is 4. The van der Waals surface area contributed by atoms with Crippen LogP contribution in [0.1, 0.15) is 49.4 Å². The van der Waals surface area contributed by atoms with Gasteiger partial charge in [-0.3, -0.25) is 4.57 Å². The van der Waals surface area contributed by atoms with Crippen LogP contribution in [0.3, 0.4) is 0 Å². The third-order valence-electron chi connectivity index (χ3n) is 6.83. The molecule has 0 aliphatic carbocycles. The molecule has 0 radical (unpaired) electrons. The average molecular weight is 577 g/mol. The summed E-state index contributed by atoms with van der Waals surface area (Å²) in [5.41, 5.74) is 3.68. The van der Waals surface area contributed by atoms with Crippen LogP contribution in [0.2, 0.25) is 25.7 Å². The SMILES string of the molecule is COc1cc(C)c2c(ccn2C(=O)OC(C)(C)C)c1C(OC)c1nc2cc(C#N)ccc2n1COCC[Si](C)(C)C. The zero-order valence-corrected chi connectivity index (χ0v) is 26.5. The van der Waals surface area contributed by atoms with Crippen molar-refractivity contribution < 1.29 is 23.7 Å². The van der Waals surface area contributed by atoms with E-state index < -0.39 is 25.9 Å². The lowest BCUT2D eigenvalue weighted by molar-refractivity contribution is 0.0544. The van der Waals surface area contributed by atoms with Crippen molar-refractivity contribution in [1.29, 1.82) is 5.26 Å². The van der Waals surface area contributed by atoms with Crippen molar-refractivity contribution in [2.45, 2.75) is 71.8 Å². The second-order valence-corrected chi connectivity index (χ2v) is 18.0. The van der Waals surface area contributed by atoms with Gasteiger partial charge in [0, 0.05) is 38.9 Å². The summed E-state index contributed by atoms with van der Waals surface area (Å²) in [5.74, 6) is 1.22. The normalized spacial score (nSPS) is 13.0. The summed E-state index contributed by atoms with van der Waals surface area (Å²) in [6.07, 6.45) is 0.581. The number of ether oxygens (including phenoxy) is 4. The first-order chi connectivity index (χ1) is 19.3. The number of fused-ring (bicyclic) bond motifs is 2. The number of aryl methyl sites for hydroxylation is 1. The number of methoxy groups -OCH3 is 2. The molecule has 0 aliphatic heterocycles. The van der Waals surface area contributed by atoms with Gasteiger partial charge in [-0.15, -0.1) is 0 Å². The van der Waals surface area contributed by atoms with E-state index in [0.717, 1.165) is 28.1 Å². The fraction of sp³-hybridized carbons (Fsp3) is 0.452. The molecule has 9 nitrogen and oxygen atoms in total. The van der Waals surface area contributed by atoms with Gasteiger partial charge in [-0.25, -0.2) is 9.78 Å². The van der Waals surface area contributed by atoms with E-state index in [1.54, 1.807) is 32.5 Å². The van der Waals surface area contributed by atoms with Crippen molar-refractivity contribution in [3.63, 3.8) is 0 Å². The second-order valence-electron chi connectivity index (χ2n) is 12.4. The molecule has 0 saturated carbocycles. The summed E-state index contributed by atoms with van der Waals surface area (Å²) in [5, 5.41) is 10.3. The molecule has 4 rings (SSSR count). The van der Waals surface area contributed by atoms with Crippen molar-refractivity contribution in [2.75, 3.05) is 20.8 Å². The van der Waals surface area contributed by atoms with Gasteiger partial charge in [0.05, 0.1) is 35.3 Å². The van der Waals surface area contributed by atoms with Crippen molar-refractivity contribution >= 4 is 36.1 Å². The van der Waals surface area contributed by atoms with Crippen LogP contribution in [0.15, 0.2) is 36.5 Å². The lowest BCUT2D eigenvalue weighted by atomic mass is 9.99. The molecular weight excluding hydrogens is 536 g/mol. The van der Waals surface area contributed by atoms with Gasteiger partial charge in [0.2, 0.25) is 0 Å². The van der Waals surface area contributed by atoms with E-state index in [4.69, 9.17) is 23.9 Å². The number of carbonyl (C=O) groups is 1. The number of rotatable bonds is 9. The highest BCUT2D eigenvalue weighted by atomic mass is 28.3. The Hall–Kier alpha value is -3.65. The summed E-state index contributed by atoms with van der Waals surface area (Å²) in [7, 11) is 1.96. The minimum absolute atomic E-state index is 0.276. The molecule has 10 heteroatoms. The minimum Gasteiger partial charge on any atom is -0.496 e. The molecule has 0 aliphatic rings. The second kappa shape index (κ2) is 11.7. The van der Waals surface area contributed by atoms with E-state index in [2.05, 4.69) is 25.7 Å². The maximum Gasteiger partial charge on any atom is 0.419 e. The summed E-state index contributed by atoms with van der Waals surface area (Å²) in [4.78, 5) is 18.1. The van der Waals surface area contributed by atoms with Crippen LogP contribution in [0.4, 0.5) is 4.79 Å². The van der Waals surface area contributed by atoms with Gasteiger partial charge in [-0.2, -0.15) is 5.26 Å². The van der Waals surface area contributed by atoms with Crippen LogP contribution >= 0.6 is 0 Å². The Morgan fingerprint density at radius 2 is 1.88 bits per heavy atom. The average Bonchev–Trinajstić information content (AvgIpc) is 3.49. The molecule has 0 spiro atoms. The molecule has 0 saturated heterocycles. The standard InChI is InChI=1S/C31H40N4O5Si/c1-20-16-25(37-5)26(22-12-13-34(27(20)22)30(36)40-31(2,3)4)28(38-6)29-33-23-17-21(18-32)10-11-24(23)35(29)19-39-14-15-41(7,8)9/h10-13,16-17,28H,14-15,19H2,1-9H3. The zero-order chi connectivity index (χ0) is 30.1. The number of nitriles is 1. The fourth-order valence-corrected chi connectivity index (χ4v) is 5.63. The van der Waals surface area contributed by atoms with Crippen LogP contribution in [-0.2, 0) is 20.9 Å². The minimum atomic E-state index is -1.28. The Labute approximate surface area is 242 Å².